The third-order valence-corrected chi connectivity index (χ3v) is 5.10. The molecule has 0 aliphatic rings. The van der Waals surface area contributed by atoms with Gasteiger partial charge in [0.2, 0.25) is 0 Å². The van der Waals surface area contributed by atoms with Gasteiger partial charge in [-0.25, -0.2) is 14.8 Å². The first kappa shape index (κ1) is 21.7. The highest BCUT2D eigenvalue weighted by Crippen LogP contribution is 2.19. The second-order valence-electron chi connectivity index (χ2n) is 7.59. The van der Waals surface area contributed by atoms with Crippen LogP contribution >= 0.6 is 0 Å². The molecule has 0 saturated carbocycles. The molecule has 0 bridgehead atoms. The van der Waals surface area contributed by atoms with Crippen molar-refractivity contribution < 1.29 is 9.53 Å². The molecule has 0 N–H and O–H groups in total. The molecule has 0 aliphatic heterocycles. The highest BCUT2D eigenvalue weighted by molar-refractivity contribution is 5.91. The summed E-state index contributed by atoms with van der Waals surface area (Å²) in [5.41, 5.74) is 4.03. The molecule has 4 heteroatoms. The van der Waals surface area contributed by atoms with E-state index >= 15 is 0 Å². The summed E-state index contributed by atoms with van der Waals surface area (Å²) in [7, 11) is 0. The Morgan fingerprint density at radius 2 is 1.40 bits per heavy atom. The first-order valence-electron chi connectivity index (χ1n) is 10.9. The van der Waals surface area contributed by atoms with E-state index < -0.39 is 5.97 Å². The van der Waals surface area contributed by atoms with Gasteiger partial charge in [0.25, 0.3) is 0 Å². The van der Waals surface area contributed by atoms with Crippen LogP contribution < -0.4 is 4.74 Å². The molecule has 4 nitrogen and oxygen atoms in total. The molecule has 2 aromatic carbocycles. The van der Waals surface area contributed by atoms with Crippen LogP contribution in [-0.4, -0.2) is 15.9 Å². The molecule has 0 radical (unpaired) electrons. The Kier molecular flexibility index (Phi) is 8.13. The van der Waals surface area contributed by atoms with Crippen molar-refractivity contribution in [1.82, 2.24) is 9.97 Å². The van der Waals surface area contributed by atoms with Crippen LogP contribution in [-0.2, 0) is 12.8 Å². The summed E-state index contributed by atoms with van der Waals surface area (Å²) in [6.45, 7) is 4.36. The number of aryl methyl sites for hydroxylation is 2. The first-order valence-corrected chi connectivity index (χ1v) is 10.9. The average molecular weight is 403 g/mol. The number of esters is 1. The summed E-state index contributed by atoms with van der Waals surface area (Å²) in [4.78, 5) is 21.0. The Morgan fingerprint density at radius 3 is 2.03 bits per heavy atom. The number of unbranched alkanes of at least 4 members (excludes halogenated alkanes) is 3. The largest absolute Gasteiger partial charge is 0.420 e. The lowest BCUT2D eigenvalue weighted by Crippen LogP contribution is -2.09. The SMILES string of the molecule is CCCCCCc1ccc(-c2ncc(OC(=O)c3ccc(CCC)cc3)cn2)cc1. The number of rotatable bonds is 10. The lowest BCUT2D eigenvalue weighted by molar-refractivity contribution is 0.0733. The maximum Gasteiger partial charge on any atom is 0.343 e. The minimum absolute atomic E-state index is 0.342. The van der Waals surface area contributed by atoms with Crippen molar-refractivity contribution in [2.24, 2.45) is 0 Å². The summed E-state index contributed by atoms with van der Waals surface area (Å²) >= 11 is 0. The van der Waals surface area contributed by atoms with Crippen molar-refractivity contribution in [3.05, 3.63) is 77.6 Å². The average Bonchev–Trinajstić information content (AvgIpc) is 2.78. The Hall–Kier alpha value is -3.01. The third-order valence-electron chi connectivity index (χ3n) is 5.10. The molecule has 1 heterocycles. The van der Waals surface area contributed by atoms with Crippen LogP contribution in [0, 0.1) is 0 Å². The highest BCUT2D eigenvalue weighted by atomic mass is 16.5. The highest BCUT2D eigenvalue weighted by Gasteiger charge is 2.10. The number of carbonyl (C=O) groups is 1. The van der Waals surface area contributed by atoms with Gasteiger partial charge in [-0.15, -0.1) is 0 Å². The van der Waals surface area contributed by atoms with Gasteiger partial charge in [0.1, 0.15) is 0 Å². The van der Waals surface area contributed by atoms with Gasteiger partial charge in [-0.2, -0.15) is 0 Å². The second kappa shape index (κ2) is 11.2. The second-order valence-corrected chi connectivity index (χ2v) is 7.59. The number of aromatic nitrogens is 2. The van der Waals surface area contributed by atoms with Gasteiger partial charge in [0.15, 0.2) is 11.6 Å². The van der Waals surface area contributed by atoms with E-state index in [4.69, 9.17) is 4.74 Å². The molecule has 0 amide bonds. The summed E-state index contributed by atoms with van der Waals surface area (Å²) in [5, 5.41) is 0. The van der Waals surface area contributed by atoms with Crippen LogP contribution in [0.3, 0.4) is 0 Å². The normalized spacial score (nSPS) is 10.7. The number of benzene rings is 2. The minimum Gasteiger partial charge on any atom is -0.420 e. The first-order chi connectivity index (χ1) is 14.7. The zero-order chi connectivity index (χ0) is 21.2. The number of ether oxygens (including phenoxy) is 1. The van der Waals surface area contributed by atoms with Gasteiger partial charge < -0.3 is 4.74 Å². The summed E-state index contributed by atoms with van der Waals surface area (Å²) < 4.78 is 5.41. The van der Waals surface area contributed by atoms with Gasteiger partial charge in [0, 0.05) is 5.56 Å². The van der Waals surface area contributed by atoms with Crippen LogP contribution in [0.5, 0.6) is 5.75 Å². The molecular weight excluding hydrogens is 372 g/mol. The lowest BCUT2D eigenvalue weighted by atomic mass is 10.0. The predicted molar refractivity (Wildman–Crippen MR) is 121 cm³/mol. The Morgan fingerprint density at radius 1 is 0.767 bits per heavy atom. The fourth-order valence-corrected chi connectivity index (χ4v) is 3.36. The number of nitrogens with zero attached hydrogens (tertiary/aromatic N) is 2. The molecule has 0 saturated heterocycles. The molecule has 3 aromatic rings. The Bertz CT molecular complexity index is 917. The number of carbonyl (C=O) groups excluding carboxylic acids is 1. The molecule has 0 aliphatic carbocycles. The van der Waals surface area contributed by atoms with Gasteiger partial charge in [0.05, 0.1) is 18.0 Å². The van der Waals surface area contributed by atoms with Crippen LogP contribution in [0.4, 0.5) is 0 Å². The fraction of sp³-hybridized carbons (Fsp3) is 0.346. The molecule has 0 fully saturated rings. The Balaban J connectivity index is 1.57. The third kappa shape index (κ3) is 6.24. The van der Waals surface area contributed by atoms with Crippen LogP contribution in [0.25, 0.3) is 11.4 Å². The number of hydrogen-bond acceptors (Lipinski definition) is 4. The summed E-state index contributed by atoms with van der Waals surface area (Å²) in [5.74, 6) is 0.562. The van der Waals surface area contributed by atoms with Crippen molar-refractivity contribution >= 4 is 5.97 Å². The quantitative estimate of drug-likeness (QED) is 0.289. The van der Waals surface area contributed by atoms with E-state index in [0.717, 1.165) is 24.8 Å². The van der Waals surface area contributed by atoms with E-state index in [-0.39, 0.29) is 0 Å². The zero-order valence-corrected chi connectivity index (χ0v) is 17.9. The predicted octanol–water partition coefficient (Wildman–Crippen LogP) is 6.44. The number of hydrogen-bond donors (Lipinski definition) is 0. The van der Waals surface area contributed by atoms with Crippen molar-refractivity contribution in [3.63, 3.8) is 0 Å². The van der Waals surface area contributed by atoms with Gasteiger partial charge >= 0.3 is 5.97 Å². The van der Waals surface area contributed by atoms with Crippen molar-refractivity contribution in [2.45, 2.75) is 58.8 Å². The van der Waals surface area contributed by atoms with E-state index in [9.17, 15) is 4.79 Å². The smallest absolute Gasteiger partial charge is 0.343 e. The maximum atomic E-state index is 12.3. The van der Waals surface area contributed by atoms with E-state index in [2.05, 4.69) is 35.9 Å². The monoisotopic (exact) mass is 402 g/mol. The standard InChI is InChI=1S/C26H30N2O2/c1-3-5-6-7-9-21-10-14-22(15-11-21)25-27-18-24(19-28-25)30-26(29)23-16-12-20(8-4-2)13-17-23/h10-19H,3-9H2,1-2H3. The maximum absolute atomic E-state index is 12.3. The molecule has 0 atom stereocenters. The van der Waals surface area contributed by atoms with Crippen LogP contribution in [0.2, 0.25) is 0 Å². The Labute approximate surface area is 179 Å². The van der Waals surface area contributed by atoms with Crippen LogP contribution in [0.1, 0.15) is 67.4 Å². The van der Waals surface area contributed by atoms with E-state index in [1.165, 1.54) is 36.8 Å². The lowest BCUT2D eigenvalue weighted by Gasteiger charge is -2.06. The summed E-state index contributed by atoms with van der Waals surface area (Å²) in [6, 6.07) is 15.9. The van der Waals surface area contributed by atoms with E-state index in [1.54, 1.807) is 24.5 Å². The van der Waals surface area contributed by atoms with E-state index in [1.807, 2.05) is 24.3 Å². The van der Waals surface area contributed by atoms with Crippen molar-refractivity contribution in [2.75, 3.05) is 0 Å². The summed E-state index contributed by atoms with van der Waals surface area (Å²) in [6.07, 6.45) is 11.3. The van der Waals surface area contributed by atoms with Crippen LogP contribution in [0.15, 0.2) is 60.9 Å². The van der Waals surface area contributed by atoms with Gasteiger partial charge in [-0.05, 0) is 42.5 Å². The molecule has 0 unspecified atom stereocenters. The van der Waals surface area contributed by atoms with Crippen molar-refractivity contribution in [1.29, 1.82) is 0 Å². The molecule has 3 rings (SSSR count). The fourth-order valence-electron chi connectivity index (χ4n) is 3.36. The zero-order valence-electron chi connectivity index (χ0n) is 17.9. The van der Waals surface area contributed by atoms with E-state index in [0.29, 0.717) is 17.1 Å². The molecule has 0 spiro atoms. The topological polar surface area (TPSA) is 52.1 Å². The minimum atomic E-state index is -0.401. The molecule has 1 aromatic heterocycles. The van der Waals surface area contributed by atoms with Gasteiger partial charge in [-0.3, -0.25) is 0 Å². The van der Waals surface area contributed by atoms with Gasteiger partial charge in [-0.1, -0.05) is 75.9 Å². The molecule has 156 valence electrons. The van der Waals surface area contributed by atoms with Crippen molar-refractivity contribution in [3.8, 4) is 17.1 Å². The molecule has 30 heavy (non-hydrogen) atoms. The molecular formula is C26H30N2O2.